The molecule has 21 heavy (non-hydrogen) atoms. The van der Waals surface area contributed by atoms with Crippen LogP contribution >= 0.6 is 0 Å². The van der Waals surface area contributed by atoms with Crippen LogP contribution in [0.25, 0.3) is 0 Å². The summed E-state index contributed by atoms with van der Waals surface area (Å²) in [5.41, 5.74) is 0.645. The lowest BCUT2D eigenvalue weighted by atomic mass is 10.0. The van der Waals surface area contributed by atoms with Gasteiger partial charge in [-0.3, -0.25) is 0 Å². The molecule has 4 heteroatoms. The van der Waals surface area contributed by atoms with E-state index in [4.69, 9.17) is 4.74 Å². The van der Waals surface area contributed by atoms with Gasteiger partial charge in [0.25, 0.3) is 0 Å². The van der Waals surface area contributed by atoms with Crippen molar-refractivity contribution in [1.82, 2.24) is 5.32 Å². The first-order valence-electron chi connectivity index (χ1n) is 6.97. The highest BCUT2D eigenvalue weighted by molar-refractivity contribution is 5.21. The number of hydrogen-bond acceptors (Lipinski definition) is 2. The van der Waals surface area contributed by atoms with Crippen molar-refractivity contribution in [3.05, 3.63) is 65.7 Å². The topological polar surface area (TPSA) is 21.3 Å². The first kappa shape index (κ1) is 15.4. The summed E-state index contributed by atoms with van der Waals surface area (Å²) in [6.45, 7) is 0.549. The highest BCUT2D eigenvalue weighted by atomic mass is 19.1. The molecule has 0 fully saturated rings. The van der Waals surface area contributed by atoms with Gasteiger partial charge in [0.05, 0.1) is 6.61 Å². The number of rotatable bonds is 7. The summed E-state index contributed by atoms with van der Waals surface area (Å²) in [4.78, 5) is 0. The number of nitrogens with one attached hydrogen (secondary N) is 1. The zero-order valence-electron chi connectivity index (χ0n) is 12.0. The molecule has 2 aromatic carbocycles. The minimum Gasteiger partial charge on any atom is -0.494 e. The summed E-state index contributed by atoms with van der Waals surface area (Å²) in [7, 11) is 1.84. The third-order valence-electron chi connectivity index (χ3n) is 3.29. The maximum Gasteiger partial charge on any atom is 0.126 e. The van der Waals surface area contributed by atoms with Crippen LogP contribution in [0.15, 0.2) is 48.5 Å². The second-order valence-electron chi connectivity index (χ2n) is 4.92. The summed E-state index contributed by atoms with van der Waals surface area (Å²) in [5.74, 6) is -0.259. The average molecular weight is 291 g/mol. The number of halogens is 2. The Labute approximate surface area is 123 Å². The molecular weight excluding hydrogens is 272 g/mol. The molecule has 1 atom stereocenters. The smallest absolute Gasteiger partial charge is 0.126 e. The standard InChI is InChI=1S/C17H19F2NO/c1-20-16(7-8-21-17-5-3-2-4-6-17)11-13-9-14(18)12-15(19)10-13/h2-6,9-10,12,16,20H,7-8,11H2,1H3. The zero-order chi connectivity index (χ0) is 15.1. The molecule has 2 nitrogen and oxygen atoms in total. The maximum atomic E-state index is 13.2. The lowest BCUT2D eigenvalue weighted by molar-refractivity contribution is 0.288. The molecule has 0 saturated heterocycles. The van der Waals surface area contributed by atoms with Gasteiger partial charge in [-0.25, -0.2) is 8.78 Å². The van der Waals surface area contributed by atoms with E-state index in [2.05, 4.69) is 5.32 Å². The van der Waals surface area contributed by atoms with Gasteiger partial charge in [0, 0.05) is 12.1 Å². The van der Waals surface area contributed by atoms with E-state index in [0.717, 1.165) is 18.2 Å². The van der Waals surface area contributed by atoms with Gasteiger partial charge in [-0.15, -0.1) is 0 Å². The number of ether oxygens (including phenoxy) is 1. The SMILES string of the molecule is CNC(CCOc1ccccc1)Cc1cc(F)cc(F)c1. The lowest BCUT2D eigenvalue weighted by Gasteiger charge is -2.17. The van der Waals surface area contributed by atoms with E-state index in [1.807, 2.05) is 37.4 Å². The highest BCUT2D eigenvalue weighted by Gasteiger charge is 2.09. The monoisotopic (exact) mass is 291 g/mol. The fourth-order valence-corrected chi connectivity index (χ4v) is 2.20. The van der Waals surface area contributed by atoms with E-state index < -0.39 is 11.6 Å². The van der Waals surface area contributed by atoms with Crippen LogP contribution < -0.4 is 10.1 Å². The third-order valence-corrected chi connectivity index (χ3v) is 3.29. The van der Waals surface area contributed by atoms with Crippen LogP contribution in [0.3, 0.4) is 0 Å². The van der Waals surface area contributed by atoms with Crippen LogP contribution in [0, 0.1) is 11.6 Å². The minimum absolute atomic E-state index is 0.106. The normalized spacial score (nSPS) is 12.1. The number of para-hydroxylation sites is 1. The van der Waals surface area contributed by atoms with Gasteiger partial charge in [0.15, 0.2) is 0 Å². The second kappa shape index (κ2) is 7.74. The summed E-state index contributed by atoms with van der Waals surface area (Å²) in [6, 6.07) is 13.3. The van der Waals surface area contributed by atoms with E-state index in [9.17, 15) is 8.78 Å². The van der Waals surface area contributed by atoms with E-state index in [1.54, 1.807) is 0 Å². The summed E-state index contributed by atoms with van der Waals surface area (Å²) >= 11 is 0. The molecule has 0 bridgehead atoms. The summed E-state index contributed by atoms with van der Waals surface area (Å²) < 4.78 is 32.0. The third kappa shape index (κ3) is 5.16. The van der Waals surface area contributed by atoms with Crippen LogP contribution in [-0.2, 0) is 6.42 Å². The Morgan fingerprint density at radius 3 is 2.33 bits per heavy atom. The second-order valence-corrected chi connectivity index (χ2v) is 4.92. The first-order valence-corrected chi connectivity index (χ1v) is 6.97. The quantitative estimate of drug-likeness (QED) is 0.842. The van der Waals surface area contributed by atoms with Crippen molar-refractivity contribution in [2.45, 2.75) is 18.9 Å². The molecule has 0 saturated carbocycles. The highest BCUT2D eigenvalue weighted by Crippen LogP contribution is 2.13. The van der Waals surface area contributed by atoms with Crippen LogP contribution in [0.1, 0.15) is 12.0 Å². The van der Waals surface area contributed by atoms with Gasteiger partial charge in [0.2, 0.25) is 0 Å². The Balaban J connectivity index is 1.85. The van der Waals surface area contributed by atoms with Crippen LogP contribution in [-0.4, -0.2) is 19.7 Å². The predicted molar refractivity (Wildman–Crippen MR) is 79.5 cm³/mol. The largest absolute Gasteiger partial charge is 0.494 e. The molecule has 0 radical (unpaired) electrons. The molecule has 0 amide bonds. The van der Waals surface area contributed by atoms with E-state index in [0.29, 0.717) is 18.6 Å². The number of likely N-dealkylation sites (N-methyl/N-ethyl adjacent to an activating group) is 1. The molecule has 1 N–H and O–H groups in total. The van der Waals surface area contributed by atoms with Crippen molar-refractivity contribution in [3.8, 4) is 5.75 Å². The van der Waals surface area contributed by atoms with Crippen molar-refractivity contribution in [3.63, 3.8) is 0 Å². The molecule has 0 heterocycles. The molecule has 2 rings (SSSR count). The summed E-state index contributed by atoms with van der Waals surface area (Å²) in [6.07, 6.45) is 1.31. The predicted octanol–water partition coefficient (Wildman–Crippen LogP) is 3.56. The fourth-order valence-electron chi connectivity index (χ4n) is 2.20. The van der Waals surface area contributed by atoms with E-state index >= 15 is 0 Å². The van der Waals surface area contributed by atoms with E-state index in [1.165, 1.54) is 12.1 Å². The molecule has 0 aliphatic rings. The molecule has 112 valence electrons. The van der Waals surface area contributed by atoms with Gasteiger partial charge in [0.1, 0.15) is 17.4 Å². The van der Waals surface area contributed by atoms with Crippen LogP contribution in [0.5, 0.6) is 5.75 Å². The van der Waals surface area contributed by atoms with Gasteiger partial charge < -0.3 is 10.1 Å². The van der Waals surface area contributed by atoms with Crippen LogP contribution in [0.2, 0.25) is 0 Å². The summed E-state index contributed by atoms with van der Waals surface area (Å²) in [5, 5.41) is 3.15. The average Bonchev–Trinajstić information content (AvgIpc) is 2.46. The Bertz CT molecular complexity index is 540. The van der Waals surface area contributed by atoms with Crippen molar-refractivity contribution in [1.29, 1.82) is 0 Å². The molecule has 2 aromatic rings. The Morgan fingerprint density at radius 1 is 1.05 bits per heavy atom. The molecule has 1 unspecified atom stereocenters. The molecule has 0 aliphatic heterocycles. The molecule has 0 aromatic heterocycles. The van der Waals surface area contributed by atoms with E-state index in [-0.39, 0.29) is 6.04 Å². The van der Waals surface area contributed by atoms with Gasteiger partial charge in [-0.05, 0) is 49.7 Å². The van der Waals surface area contributed by atoms with Crippen molar-refractivity contribution < 1.29 is 13.5 Å². The Kier molecular flexibility index (Phi) is 5.69. The fraction of sp³-hybridized carbons (Fsp3) is 0.294. The minimum atomic E-state index is -0.541. The Morgan fingerprint density at radius 2 is 1.71 bits per heavy atom. The van der Waals surface area contributed by atoms with Crippen molar-refractivity contribution in [2.24, 2.45) is 0 Å². The molecule has 0 aliphatic carbocycles. The lowest BCUT2D eigenvalue weighted by Crippen LogP contribution is -2.29. The van der Waals surface area contributed by atoms with Crippen LogP contribution in [0.4, 0.5) is 8.78 Å². The van der Waals surface area contributed by atoms with Crippen molar-refractivity contribution in [2.75, 3.05) is 13.7 Å². The number of hydrogen-bond donors (Lipinski definition) is 1. The maximum absolute atomic E-state index is 13.2. The molecule has 0 spiro atoms. The van der Waals surface area contributed by atoms with Gasteiger partial charge >= 0.3 is 0 Å². The zero-order valence-corrected chi connectivity index (χ0v) is 12.0. The number of benzene rings is 2. The van der Waals surface area contributed by atoms with Gasteiger partial charge in [-0.1, -0.05) is 18.2 Å². The van der Waals surface area contributed by atoms with Gasteiger partial charge in [-0.2, -0.15) is 0 Å². The Hall–Kier alpha value is -1.94. The first-order chi connectivity index (χ1) is 10.2. The van der Waals surface area contributed by atoms with Crippen molar-refractivity contribution >= 4 is 0 Å². The molecular formula is C17H19F2NO.